The van der Waals surface area contributed by atoms with Crippen LogP contribution in [-0.4, -0.2) is 24.0 Å². The van der Waals surface area contributed by atoms with Crippen molar-refractivity contribution in [2.75, 3.05) is 6.54 Å². The first kappa shape index (κ1) is 9.49. The Morgan fingerprint density at radius 3 is 2.79 bits per heavy atom. The summed E-state index contributed by atoms with van der Waals surface area (Å²) in [4.78, 5) is 15.9. The smallest absolute Gasteiger partial charge is 0.252 e. The summed E-state index contributed by atoms with van der Waals surface area (Å²) in [6.45, 7) is 6.80. The van der Waals surface area contributed by atoms with Gasteiger partial charge < -0.3 is 5.32 Å². The Balaban J connectivity index is 2.14. The largest absolute Gasteiger partial charge is 0.342 e. The van der Waals surface area contributed by atoms with E-state index in [1.165, 1.54) is 0 Å². The molecule has 2 aliphatic rings. The lowest BCUT2D eigenvalue weighted by Gasteiger charge is -2.20. The van der Waals surface area contributed by atoms with Gasteiger partial charge in [0.15, 0.2) is 5.96 Å². The van der Waals surface area contributed by atoms with Crippen LogP contribution in [0.1, 0.15) is 27.2 Å². The predicted molar refractivity (Wildman–Crippen MR) is 54.9 cm³/mol. The minimum absolute atomic E-state index is 0.0686. The third-order valence-corrected chi connectivity index (χ3v) is 3.25. The molecular weight excluding hydrogens is 178 g/mol. The highest BCUT2D eigenvalue weighted by Crippen LogP contribution is 2.46. The molecule has 0 aromatic rings. The Morgan fingerprint density at radius 2 is 2.29 bits per heavy atom. The van der Waals surface area contributed by atoms with E-state index in [-0.39, 0.29) is 5.91 Å². The quantitative estimate of drug-likeness (QED) is 0.674. The summed E-state index contributed by atoms with van der Waals surface area (Å²) in [6, 6.07) is 0. The summed E-state index contributed by atoms with van der Waals surface area (Å²) < 4.78 is 0. The summed E-state index contributed by atoms with van der Waals surface area (Å²) in [5.41, 5.74) is -0.423. The molecule has 78 valence electrons. The van der Waals surface area contributed by atoms with Gasteiger partial charge in [0.1, 0.15) is 5.54 Å². The van der Waals surface area contributed by atoms with E-state index in [4.69, 9.17) is 0 Å². The second kappa shape index (κ2) is 2.97. The molecule has 1 saturated carbocycles. The summed E-state index contributed by atoms with van der Waals surface area (Å²) in [7, 11) is 0. The average Bonchev–Trinajstić information content (AvgIpc) is 2.76. The van der Waals surface area contributed by atoms with Gasteiger partial charge in [0, 0.05) is 6.54 Å². The molecule has 1 heterocycles. The van der Waals surface area contributed by atoms with Crippen molar-refractivity contribution in [1.82, 2.24) is 10.6 Å². The fourth-order valence-corrected chi connectivity index (χ4v) is 2.20. The Hall–Kier alpha value is -1.06. The number of guanidine groups is 1. The Labute approximate surface area is 84.2 Å². The molecule has 2 fully saturated rings. The van der Waals surface area contributed by atoms with Gasteiger partial charge >= 0.3 is 0 Å². The molecule has 0 bridgehead atoms. The molecule has 1 amide bonds. The molecule has 1 aliphatic carbocycles. The fourth-order valence-electron chi connectivity index (χ4n) is 2.20. The lowest BCUT2D eigenvalue weighted by molar-refractivity contribution is -0.124. The Bertz CT molecular complexity index is 300. The number of carbonyl (C=O) groups excluding carboxylic acids is 1. The lowest BCUT2D eigenvalue weighted by Crippen LogP contribution is -2.46. The number of nitrogens with one attached hydrogen (secondary N) is 2. The van der Waals surface area contributed by atoms with Crippen molar-refractivity contribution in [2.24, 2.45) is 16.8 Å². The molecule has 0 spiro atoms. The highest BCUT2D eigenvalue weighted by Gasteiger charge is 2.55. The fraction of sp³-hybridized carbons (Fsp3) is 0.800. The van der Waals surface area contributed by atoms with Crippen LogP contribution in [0.3, 0.4) is 0 Å². The Morgan fingerprint density at radius 1 is 1.64 bits per heavy atom. The van der Waals surface area contributed by atoms with Crippen LogP contribution >= 0.6 is 0 Å². The van der Waals surface area contributed by atoms with Crippen molar-refractivity contribution in [2.45, 2.75) is 32.7 Å². The number of rotatable bonds is 2. The highest BCUT2D eigenvalue weighted by molar-refractivity contribution is 6.09. The average molecular weight is 195 g/mol. The molecule has 3 atom stereocenters. The van der Waals surface area contributed by atoms with Crippen LogP contribution in [0.4, 0.5) is 0 Å². The number of amides is 1. The predicted octanol–water partition coefficient (Wildman–Crippen LogP) is 0.496. The molecule has 2 N–H and O–H groups in total. The van der Waals surface area contributed by atoms with Crippen LogP contribution in [0, 0.1) is 11.8 Å². The minimum Gasteiger partial charge on any atom is -0.342 e. The zero-order valence-electron chi connectivity index (χ0n) is 8.92. The first-order valence-electron chi connectivity index (χ1n) is 5.22. The van der Waals surface area contributed by atoms with Crippen LogP contribution < -0.4 is 10.6 Å². The van der Waals surface area contributed by atoms with Crippen LogP contribution in [0.5, 0.6) is 0 Å². The number of aliphatic imine (C=N–C) groups is 1. The van der Waals surface area contributed by atoms with Gasteiger partial charge in [-0.1, -0.05) is 6.92 Å². The standard InChI is InChI=1S/C10H17N3O/c1-4-11-9-12-8(14)10(3,13-9)7-5-6(7)2/h6-7H,4-5H2,1-3H3,(H2,11,12,13,14). The number of nitrogens with zero attached hydrogens (tertiary/aromatic N) is 1. The van der Waals surface area contributed by atoms with Gasteiger partial charge in [-0.15, -0.1) is 0 Å². The summed E-state index contributed by atoms with van der Waals surface area (Å²) in [5, 5.41) is 5.99. The van der Waals surface area contributed by atoms with Crippen molar-refractivity contribution >= 4 is 11.9 Å². The zero-order valence-corrected chi connectivity index (χ0v) is 8.92. The number of hydrogen-bond acceptors (Lipinski definition) is 2. The van der Waals surface area contributed by atoms with E-state index in [1.807, 2.05) is 13.8 Å². The summed E-state index contributed by atoms with van der Waals surface area (Å²) in [5.74, 6) is 1.82. The molecule has 1 saturated heterocycles. The third kappa shape index (κ3) is 1.29. The van der Waals surface area contributed by atoms with Crippen molar-refractivity contribution in [3.63, 3.8) is 0 Å². The first-order chi connectivity index (χ1) is 6.58. The third-order valence-electron chi connectivity index (χ3n) is 3.25. The van der Waals surface area contributed by atoms with Gasteiger partial charge in [0.05, 0.1) is 0 Å². The maximum absolute atomic E-state index is 11.8. The molecular formula is C10H17N3O. The Kier molecular flexibility index (Phi) is 2.01. The van der Waals surface area contributed by atoms with Gasteiger partial charge in [-0.05, 0) is 32.1 Å². The van der Waals surface area contributed by atoms with E-state index in [2.05, 4.69) is 22.5 Å². The van der Waals surface area contributed by atoms with Gasteiger partial charge in [-0.25, -0.2) is 0 Å². The van der Waals surface area contributed by atoms with Crippen molar-refractivity contribution < 1.29 is 4.79 Å². The van der Waals surface area contributed by atoms with Crippen LogP contribution in [0.15, 0.2) is 4.99 Å². The van der Waals surface area contributed by atoms with E-state index in [1.54, 1.807) is 0 Å². The second-order valence-corrected chi connectivity index (χ2v) is 4.42. The lowest BCUT2D eigenvalue weighted by atomic mass is 9.95. The highest BCUT2D eigenvalue weighted by atomic mass is 16.2. The van der Waals surface area contributed by atoms with Crippen LogP contribution in [0.25, 0.3) is 0 Å². The van der Waals surface area contributed by atoms with Crippen LogP contribution in [0.2, 0.25) is 0 Å². The SMILES string of the molecule is CCN=C1NC(=O)C(C)(C2CC2C)N1. The molecule has 4 nitrogen and oxygen atoms in total. The topological polar surface area (TPSA) is 53.5 Å². The van der Waals surface area contributed by atoms with Crippen molar-refractivity contribution in [1.29, 1.82) is 0 Å². The number of hydrogen-bond donors (Lipinski definition) is 2. The van der Waals surface area contributed by atoms with Crippen molar-refractivity contribution in [3.8, 4) is 0 Å². The van der Waals surface area contributed by atoms with Gasteiger partial charge in [0.2, 0.25) is 0 Å². The molecule has 2 rings (SSSR count). The molecule has 3 unspecified atom stereocenters. The summed E-state index contributed by atoms with van der Waals surface area (Å²) >= 11 is 0. The molecule has 0 aromatic heterocycles. The van der Waals surface area contributed by atoms with E-state index in [9.17, 15) is 4.79 Å². The zero-order chi connectivity index (χ0) is 10.3. The number of carbonyl (C=O) groups is 1. The molecule has 0 aromatic carbocycles. The van der Waals surface area contributed by atoms with E-state index in [0.29, 0.717) is 24.3 Å². The van der Waals surface area contributed by atoms with Crippen molar-refractivity contribution in [3.05, 3.63) is 0 Å². The molecule has 14 heavy (non-hydrogen) atoms. The normalized spacial score (nSPS) is 43.6. The van der Waals surface area contributed by atoms with E-state index < -0.39 is 5.54 Å². The summed E-state index contributed by atoms with van der Waals surface area (Å²) in [6.07, 6.45) is 1.14. The van der Waals surface area contributed by atoms with E-state index >= 15 is 0 Å². The molecule has 4 heteroatoms. The second-order valence-electron chi connectivity index (χ2n) is 4.42. The maximum atomic E-state index is 11.8. The molecule has 1 aliphatic heterocycles. The molecule has 0 radical (unpaired) electrons. The van der Waals surface area contributed by atoms with Crippen LogP contribution in [-0.2, 0) is 4.79 Å². The van der Waals surface area contributed by atoms with E-state index in [0.717, 1.165) is 6.42 Å². The maximum Gasteiger partial charge on any atom is 0.252 e. The first-order valence-corrected chi connectivity index (χ1v) is 5.22. The monoisotopic (exact) mass is 195 g/mol. The van der Waals surface area contributed by atoms with Gasteiger partial charge in [-0.2, -0.15) is 0 Å². The van der Waals surface area contributed by atoms with Gasteiger partial charge in [-0.3, -0.25) is 15.1 Å². The van der Waals surface area contributed by atoms with Gasteiger partial charge in [0.25, 0.3) is 5.91 Å². The minimum atomic E-state index is -0.423.